The summed E-state index contributed by atoms with van der Waals surface area (Å²) < 4.78 is 26.5. The van der Waals surface area contributed by atoms with Crippen molar-refractivity contribution in [3.05, 3.63) is 72.7 Å². The number of fused-ring (bicyclic) bond motifs is 1. The zero-order valence-electron chi connectivity index (χ0n) is 18.0. The Hall–Kier alpha value is -3.56. The van der Waals surface area contributed by atoms with Crippen molar-refractivity contribution in [2.45, 2.75) is 17.4 Å². The number of sulfone groups is 1. The molecule has 2 aromatic carbocycles. The van der Waals surface area contributed by atoms with E-state index in [1.807, 2.05) is 30.3 Å². The van der Waals surface area contributed by atoms with E-state index in [4.69, 9.17) is 5.73 Å². The Morgan fingerprint density at radius 2 is 1.79 bits per heavy atom. The first kappa shape index (κ1) is 21.3. The Kier molecular flexibility index (Phi) is 5.22. The summed E-state index contributed by atoms with van der Waals surface area (Å²) in [4.78, 5) is 23.8. The molecule has 168 valence electrons. The summed E-state index contributed by atoms with van der Waals surface area (Å²) in [5, 5.41) is 0.517. The fourth-order valence-corrected chi connectivity index (χ4v) is 5.04. The van der Waals surface area contributed by atoms with E-state index in [-0.39, 0.29) is 16.8 Å². The molecular formula is C24H23N5O3S. The van der Waals surface area contributed by atoms with Crippen molar-refractivity contribution in [2.75, 3.05) is 19.3 Å². The largest absolute Gasteiger partial charge is 0.337 e. The summed E-state index contributed by atoms with van der Waals surface area (Å²) in [5.74, 6) is 0.196. The van der Waals surface area contributed by atoms with Crippen LogP contribution < -0.4 is 5.73 Å². The number of hydrogen-bond acceptors (Lipinski definition) is 6. The van der Waals surface area contributed by atoms with Crippen molar-refractivity contribution in [1.82, 2.24) is 19.4 Å². The van der Waals surface area contributed by atoms with Crippen molar-refractivity contribution < 1.29 is 13.2 Å². The highest BCUT2D eigenvalue weighted by molar-refractivity contribution is 7.91. The second kappa shape index (κ2) is 8.09. The molecule has 5 rings (SSSR count). The van der Waals surface area contributed by atoms with Gasteiger partial charge < -0.3 is 10.6 Å². The highest BCUT2D eigenvalue weighted by Gasteiger charge is 2.26. The van der Waals surface area contributed by atoms with Crippen LogP contribution in [0.3, 0.4) is 0 Å². The number of aromatic nitrogens is 3. The number of likely N-dealkylation sites (tertiary alicyclic amines) is 1. The Morgan fingerprint density at radius 3 is 2.42 bits per heavy atom. The molecule has 0 spiro atoms. The Bertz CT molecular complexity index is 1450. The number of carbonyl (C=O) groups excluding carboxylic acids is 1. The quantitative estimate of drug-likeness (QED) is 0.500. The van der Waals surface area contributed by atoms with E-state index in [1.165, 1.54) is 6.20 Å². The van der Waals surface area contributed by atoms with E-state index in [9.17, 15) is 13.2 Å². The van der Waals surface area contributed by atoms with Crippen molar-refractivity contribution in [3.63, 3.8) is 0 Å². The first-order valence-corrected chi connectivity index (χ1v) is 12.5. The van der Waals surface area contributed by atoms with Crippen LogP contribution in [0.4, 0.5) is 0 Å². The van der Waals surface area contributed by atoms with E-state index in [0.717, 1.165) is 23.8 Å². The minimum absolute atomic E-state index is 0.0186. The molecule has 8 nitrogen and oxygen atoms in total. The van der Waals surface area contributed by atoms with Gasteiger partial charge in [-0.1, -0.05) is 36.4 Å². The monoisotopic (exact) mass is 461 g/mol. The predicted octanol–water partition coefficient (Wildman–Crippen LogP) is 2.66. The normalized spacial score (nSPS) is 16.4. The van der Waals surface area contributed by atoms with E-state index >= 15 is 0 Å². The molecular weight excluding hydrogens is 438 g/mol. The second-order valence-electron chi connectivity index (χ2n) is 8.31. The van der Waals surface area contributed by atoms with Gasteiger partial charge in [0.1, 0.15) is 0 Å². The van der Waals surface area contributed by atoms with E-state index in [2.05, 4.69) is 9.97 Å². The average Bonchev–Trinajstić information content (AvgIpc) is 3.42. The number of amides is 1. The molecule has 4 aromatic rings. The Labute approximate surface area is 191 Å². The summed E-state index contributed by atoms with van der Waals surface area (Å²) in [6.45, 7) is 1.12. The lowest BCUT2D eigenvalue weighted by molar-refractivity contribution is 0.0791. The molecule has 2 aromatic heterocycles. The minimum Gasteiger partial charge on any atom is -0.337 e. The predicted molar refractivity (Wildman–Crippen MR) is 126 cm³/mol. The number of rotatable bonds is 4. The van der Waals surface area contributed by atoms with Crippen LogP contribution in [-0.4, -0.2) is 59.1 Å². The third kappa shape index (κ3) is 4.01. The molecule has 1 aliphatic rings. The maximum absolute atomic E-state index is 13.0. The average molecular weight is 462 g/mol. The highest BCUT2D eigenvalue weighted by Crippen LogP contribution is 2.29. The van der Waals surface area contributed by atoms with Gasteiger partial charge in [-0.2, -0.15) is 0 Å². The Balaban J connectivity index is 1.60. The zero-order valence-corrected chi connectivity index (χ0v) is 18.9. The zero-order chi connectivity index (χ0) is 23.2. The molecule has 9 heteroatoms. The van der Waals surface area contributed by atoms with Crippen LogP contribution in [0.2, 0.25) is 0 Å². The molecule has 0 unspecified atom stereocenters. The maximum atomic E-state index is 13.0. The van der Waals surface area contributed by atoms with Crippen LogP contribution >= 0.6 is 0 Å². The van der Waals surface area contributed by atoms with Crippen molar-refractivity contribution >= 4 is 26.6 Å². The van der Waals surface area contributed by atoms with Gasteiger partial charge in [-0.25, -0.2) is 18.4 Å². The molecule has 0 aliphatic carbocycles. The highest BCUT2D eigenvalue weighted by atomic mass is 32.2. The molecule has 1 amide bonds. The van der Waals surface area contributed by atoms with Crippen LogP contribution in [0.1, 0.15) is 16.8 Å². The molecule has 33 heavy (non-hydrogen) atoms. The molecule has 0 saturated carbocycles. The molecule has 0 radical (unpaired) electrons. The van der Waals surface area contributed by atoms with Crippen LogP contribution in [0, 0.1) is 0 Å². The van der Waals surface area contributed by atoms with Gasteiger partial charge in [-0.3, -0.25) is 9.36 Å². The van der Waals surface area contributed by atoms with Crippen LogP contribution in [0.5, 0.6) is 0 Å². The lowest BCUT2D eigenvalue weighted by Crippen LogP contribution is -2.31. The second-order valence-corrected chi connectivity index (χ2v) is 10.3. The molecule has 1 aliphatic heterocycles. The van der Waals surface area contributed by atoms with Gasteiger partial charge in [0.05, 0.1) is 10.4 Å². The number of benzene rings is 2. The van der Waals surface area contributed by atoms with Crippen molar-refractivity contribution in [3.8, 4) is 17.1 Å². The smallest absolute Gasteiger partial charge is 0.253 e. The fraction of sp³-hybridized carbons (Fsp3) is 0.208. The molecule has 1 fully saturated rings. The maximum Gasteiger partial charge on any atom is 0.253 e. The summed E-state index contributed by atoms with van der Waals surface area (Å²) in [6.07, 6.45) is 6.84. The lowest BCUT2D eigenvalue weighted by Gasteiger charge is -2.16. The topological polar surface area (TPSA) is 111 Å². The number of nitrogens with zero attached hydrogens (tertiary/aromatic N) is 4. The first-order chi connectivity index (χ1) is 15.8. The number of nitrogens with two attached hydrogens (primary N) is 1. The Morgan fingerprint density at radius 1 is 1.06 bits per heavy atom. The van der Waals surface area contributed by atoms with Crippen molar-refractivity contribution in [2.24, 2.45) is 5.73 Å². The summed E-state index contributed by atoms with van der Waals surface area (Å²) >= 11 is 0. The standard InChI is InChI=1S/C24H23N5O3S/c1-33(31,32)22-15-29(24-26-12-18(13-27-24)16-5-3-2-4-6-16)21-11-17(7-8-20(21)22)23(30)28-10-9-19(25)14-28/h2-8,11-13,15,19H,9-10,14,25H2,1H3/t19-/m1/s1. The third-order valence-electron chi connectivity index (χ3n) is 5.89. The van der Waals surface area contributed by atoms with Crippen LogP contribution in [0.25, 0.3) is 28.0 Å². The first-order valence-electron chi connectivity index (χ1n) is 10.6. The van der Waals surface area contributed by atoms with Gasteiger partial charge in [0.2, 0.25) is 5.95 Å². The van der Waals surface area contributed by atoms with Crippen molar-refractivity contribution in [1.29, 1.82) is 0 Å². The number of hydrogen-bond donors (Lipinski definition) is 1. The lowest BCUT2D eigenvalue weighted by atomic mass is 10.1. The van der Waals surface area contributed by atoms with E-state index in [1.54, 1.807) is 40.1 Å². The number of carbonyl (C=O) groups is 1. The van der Waals surface area contributed by atoms with Crippen LogP contribution in [-0.2, 0) is 9.84 Å². The molecule has 2 N–H and O–H groups in total. The fourth-order valence-electron chi connectivity index (χ4n) is 4.17. The van der Waals surface area contributed by atoms with E-state index < -0.39 is 9.84 Å². The van der Waals surface area contributed by atoms with Gasteiger partial charge >= 0.3 is 0 Å². The van der Waals surface area contributed by atoms with Gasteiger partial charge in [-0.15, -0.1) is 0 Å². The van der Waals surface area contributed by atoms with Gasteiger partial charge in [0.15, 0.2) is 9.84 Å². The summed E-state index contributed by atoms with van der Waals surface area (Å²) in [5.41, 5.74) is 8.81. The molecule has 1 saturated heterocycles. The third-order valence-corrected chi connectivity index (χ3v) is 7.01. The van der Waals surface area contributed by atoms with E-state index in [0.29, 0.717) is 35.5 Å². The minimum atomic E-state index is -3.51. The molecule has 3 heterocycles. The van der Waals surface area contributed by atoms with Gasteiger partial charge in [-0.05, 0) is 24.1 Å². The summed E-state index contributed by atoms with van der Waals surface area (Å²) in [7, 11) is -3.51. The van der Waals surface area contributed by atoms with Crippen LogP contribution in [0.15, 0.2) is 72.0 Å². The van der Waals surface area contributed by atoms with Gasteiger partial charge in [0, 0.05) is 60.5 Å². The SMILES string of the molecule is CS(=O)(=O)c1cn(-c2ncc(-c3ccccc3)cn2)c2cc(C(=O)N3CC[C@@H](N)C3)ccc12. The molecule has 0 bridgehead atoms. The molecule has 1 atom stereocenters. The summed E-state index contributed by atoms with van der Waals surface area (Å²) in [6, 6.07) is 14.8. The van der Waals surface area contributed by atoms with Gasteiger partial charge in [0.25, 0.3) is 5.91 Å².